The highest BCUT2D eigenvalue weighted by molar-refractivity contribution is 5.94. The highest BCUT2D eigenvalue weighted by Crippen LogP contribution is 2.21. The number of aliphatic hydroxyl groups is 1. The van der Waals surface area contributed by atoms with Gasteiger partial charge in [0, 0.05) is 13.8 Å². The van der Waals surface area contributed by atoms with Crippen LogP contribution in [0.15, 0.2) is 109 Å². The molecule has 0 aliphatic heterocycles. The largest absolute Gasteiger partial charge is 0.478 e. The summed E-state index contributed by atoms with van der Waals surface area (Å²) in [7, 11) is 3.19. The minimum absolute atomic E-state index is 0.0160. The number of nitrogens with one attached hydrogen (secondary N) is 2. The van der Waals surface area contributed by atoms with E-state index in [1.165, 1.54) is 38.1 Å². The van der Waals surface area contributed by atoms with Crippen molar-refractivity contribution >= 4 is 35.8 Å². The summed E-state index contributed by atoms with van der Waals surface area (Å²) in [6.45, 7) is 5.93. The Hall–Kier alpha value is -6.42. The summed E-state index contributed by atoms with van der Waals surface area (Å²) in [5.74, 6) is -3.72. The summed E-state index contributed by atoms with van der Waals surface area (Å²) < 4.78 is 25.5. The summed E-state index contributed by atoms with van der Waals surface area (Å²) >= 11 is 0. The van der Waals surface area contributed by atoms with Gasteiger partial charge in [0.25, 0.3) is 0 Å². The molecule has 4 aromatic carbocycles. The first-order chi connectivity index (χ1) is 27.2. The van der Waals surface area contributed by atoms with Crippen molar-refractivity contribution in [3.63, 3.8) is 0 Å². The van der Waals surface area contributed by atoms with Crippen LogP contribution < -0.4 is 20.1 Å². The number of hydrogen-bond donors (Lipinski definition) is 4. The van der Waals surface area contributed by atoms with Crippen LogP contribution in [0.25, 0.3) is 0 Å². The van der Waals surface area contributed by atoms with Crippen molar-refractivity contribution in [1.29, 1.82) is 0 Å². The molecule has 0 fully saturated rings. The summed E-state index contributed by atoms with van der Waals surface area (Å²) in [6.07, 6.45) is -1.58. The number of benzene rings is 4. The highest BCUT2D eigenvalue weighted by Gasteiger charge is 2.29. The smallest absolute Gasteiger partial charge is 0.342 e. The second-order valence-corrected chi connectivity index (χ2v) is 12.1. The lowest BCUT2D eigenvalue weighted by molar-refractivity contribution is -0.151. The SMILES string of the molecule is CC(=O)Oc1ccccc1C(=O)O.CN[C@H](C(=O)OCc1ccccc1)[C@@H](C)O.CN[C@H](C(=O)OCc1ccccc1)[C@@H](C)OC(=O)c1ccccc1OC(C)=O. The van der Waals surface area contributed by atoms with Crippen LogP contribution in [-0.4, -0.2) is 84.4 Å². The molecule has 4 atom stereocenters. The number of carbonyl (C=O) groups excluding carboxylic acids is 5. The summed E-state index contributed by atoms with van der Waals surface area (Å²) in [4.78, 5) is 68.8. The predicted octanol–water partition coefficient (Wildman–Crippen LogP) is 4.50. The van der Waals surface area contributed by atoms with Crippen molar-refractivity contribution in [2.45, 2.75) is 65.2 Å². The van der Waals surface area contributed by atoms with E-state index in [4.69, 9.17) is 24.1 Å². The molecule has 0 heterocycles. The van der Waals surface area contributed by atoms with Crippen LogP contribution in [0.2, 0.25) is 0 Å². The zero-order chi connectivity index (χ0) is 42.3. The van der Waals surface area contributed by atoms with Crippen LogP contribution in [0.4, 0.5) is 0 Å². The fourth-order valence-corrected chi connectivity index (χ4v) is 4.80. The van der Waals surface area contributed by atoms with Crippen molar-refractivity contribution in [2.24, 2.45) is 0 Å². The average molecular weight is 789 g/mol. The minimum Gasteiger partial charge on any atom is -0.478 e. The number of hydrogen-bond acceptors (Lipinski definition) is 14. The molecule has 15 nitrogen and oxygen atoms in total. The van der Waals surface area contributed by atoms with E-state index in [1.807, 2.05) is 60.7 Å². The molecule has 0 saturated carbocycles. The van der Waals surface area contributed by atoms with Crippen LogP contribution in [-0.2, 0) is 46.6 Å². The minimum atomic E-state index is -1.11. The third-order valence-corrected chi connectivity index (χ3v) is 7.55. The lowest BCUT2D eigenvalue weighted by atomic mass is 10.1. The van der Waals surface area contributed by atoms with Crippen molar-refractivity contribution in [3.05, 3.63) is 131 Å². The topological polar surface area (TPSA) is 213 Å². The van der Waals surface area contributed by atoms with Crippen molar-refractivity contribution < 1.29 is 62.7 Å². The number of aromatic carboxylic acids is 1. The molecule has 0 aromatic heterocycles. The van der Waals surface area contributed by atoms with Crippen molar-refractivity contribution in [3.8, 4) is 11.5 Å². The molecule has 0 radical (unpaired) electrons. The van der Waals surface area contributed by atoms with Gasteiger partial charge < -0.3 is 44.5 Å². The fourth-order valence-electron chi connectivity index (χ4n) is 4.80. The van der Waals surface area contributed by atoms with E-state index in [0.717, 1.165) is 11.1 Å². The van der Waals surface area contributed by atoms with Crippen LogP contribution in [0.5, 0.6) is 11.5 Å². The second kappa shape index (κ2) is 24.9. The molecule has 0 saturated heterocycles. The van der Waals surface area contributed by atoms with E-state index in [9.17, 15) is 33.9 Å². The average Bonchev–Trinajstić information content (AvgIpc) is 3.18. The molecule has 0 aliphatic rings. The Bertz CT molecular complexity index is 1900. The number of esters is 5. The molecule has 4 rings (SSSR count). The maximum Gasteiger partial charge on any atom is 0.342 e. The Morgan fingerprint density at radius 3 is 1.37 bits per heavy atom. The second-order valence-electron chi connectivity index (χ2n) is 12.1. The Labute approximate surface area is 330 Å². The quantitative estimate of drug-likeness (QED) is 0.0742. The maximum absolute atomic E-state index is 12.5. The fraction of sp³-hybridized carbons (Fsp3) is 0.286. The Balaban J connectivity index is 0.000000326. The van der Waals surface area contributed by atoms with Crippen molar-refractivity contribution in [1.82, 2.24) is 10.6 Å². The first-order valence-electron chi connectivity index (χ1n) is 17.6. The molecule has 0 amide bonds. The van der Waals surface area contributed by atoms with Gasteiger partial charge in [-0.3, -0.25) is 19.2 Å². The van der Waals surface area contributed by atoms with Crippen molar-refractivity contribution in [2.75, 3.05) is 14.1 Å². The number of likely N-dealkylation sites (N-methyl/N-ethyl adjacent to an activating group) is 2. The Morgan fingerprint density at radius 2 is 0.965 bits per heavy atom. The van der Waals surface area contributed by atoms with Gasteiger partial charge in [-0.25, -0.2) is 9.59 Å². The third kappa shape index (κ3) is 16.9. The van der Waals surface area contributed by atoms with Gasteiger partial charge in [0.2, 0.25) is 0 Å². The van der Waals surface area contributed by atoms with Gasteiger partial charge in [-0.15, -0.1) is 0 Å². The Morgan fingerprint density at radius 1 is 0.579 bits per heavy atom. The van der Waals surface area contributed by atoms with E-state index in [0.29, 0.717) is 0 Å². The maximum atomic E-state index is 12.5. The Kier molecular flexibility index (Phi) is 20.4. The number of aliphatic hydroxyl groups excluding tert-OH is 1. The molecular weight excluding hydrogens is 740 g/mol. The van der Waals surface area contributed by atoms with E-state index in [1.54, 1.807) is 52.2 Å². The van der Waals surface area contributed by atoms with E-state index in [2.05, 4.69) is 15.4 Å². The molecule has 304 valence electrons. The molecule has 0 unspecified atom stereocenters. The molecular formula is C42H48N2O13. The molecule has 4 aromatic rings. The monoisotopic (exact) mass is 788 g/mol. The van der Waals surface area contributed by atoms with Gasteiger partial charge in [0.1, 0.15) is 54.0 Å². The highest BCUT2D eigenvalue weighted by atomic mass is 16.6. The predicted molar refractivity (Wildman–Crippen MR) is 207 cm³/mol. The lowest BCUT2D eigenvalue weighted by Gasteiger charge is -2.22. The standard InChI is InChI=1S/C21H23NO6.C12H17NO3.C9H8O4/c1-14(19(22-3)21(25)26-13-16-9-5-4-6-10-16)27-20(24)17-11-7-8-12-18(17)28-15(2)23;1-9(14)11(13-2)12(15)16-8-10-6-4-3-5-7-10;1-6(10)13-8-5-3-2-4-7(8)9(11)12/h4-12,14,19,22H,13H2,1-3H3;3-7,9,11,13-14H,8H2,1-2H3;2-5H,1H3,(H,11,12)/t14-,19+;9-,11+;/m11./s1. The normalized spacial score (nSPS) is 12.3. The van der Waals surface area contributed by atoms with Crippen LogP contribution in [0.1, 0.15) is 59.5 Å². The summed E-state index contributed by atoms with van der Waals surface area (Å²) in [6, 6.07) is 29.4. The summed E-state index contributed by atoms with van der Waals surface area (Å²) in [5, 5.41) is 23.5. The van der Waals surface area contributed by atoms with Gasteiger partial charge >= 0.3 is 35.8 Å². The van der Waals surface area contributed by atoms with E-state index >= 15 is 0 Å². The number of ether oxygens (including phenoxy) is 5. The lowest BCUT2D eigenvalue weighted by Crippen LogP contribution is -2.45. The van der Waals surface area contributed by atoms with Gasteiger partial charge in [-0.05, 0) is 63.3 Å². The molecule has 15 heteroatoms. The number of carbonyl (C=O) groups is 6. The van der Waals surface area contributed by atoms with E-state index < -0.39 is 60.1 Å². The first-order valence-corrected chi connectivity index (χ1v) is 17.6. The van der Waals surface area contributed by atoms with Gasteiger partial charge in [0.15, 0.2) is 0 Å². The van der Waals surface area contributed by atoms with Crippen LogP contribution in [0, 0.1) is 0 Å². The molecule has 0 spiro atoms. The van der Waals surface area contributed by atoms with Gasteiger partial charge in [-0.2, -0.15) is 0 Å². The zero-order valence-electron chi connectivity index (χ0n) is 32.5. The number of carboxylic acid groups (broad SMARTS) is 1. The zero-order valence-corrected chi connectivity index (χ0v) is 32.5. The van der Waals surface area contributed by atoms with Crippen LogP contribution in [0.3, 0.4) is 0 Å². The van der Waals surface area contributed by atoms with Crippen LogP contribution >= 0.6 is 0 Å². The first kappa shape index (κ1) is 46.7. The molecule has 0 aliphatic carbocycles. The number of rotatable bonds is 15. The molecule has 0 bridgehead atoms. The third-order valence-electron chi connectivity index (χ3n) is 7.55. The summed E-state index contributed by atoms with van der Waals surface area (Å²) in [5.41, 5.74) is 1.86. The number of para-hydroxylation sites is 2. The van der Waals surface area contributed by atoms with E-state index in [-0.39, 0.29) is 35.8 Å². The molecule has 57 heavy (non-hydrogen) atoms. The van der Waals surface area contributed by atoms with Gasteiger partial charge in [0.05, 0.1) is 6.10 Å². The van der Waals surface area contributed by atoms with Gasteiger partial charge in [-0.1, -0.05) is 84.9 Å². The number of carboxylic acids is 1. The molecule has 4 N–H and O–H groups in total.